The van der Waals surface area contributed by atoms with Crippen molar-refractivity contribution >= 4 is 5.82 Å². The largest absolute Gasteiger partial charge is 3.00 e. The van der Waals surface area contributed by atoms with Crippen LogP contribution in [-0.4, -0.2) is 4.98 Å². The number of pyridine rings is 1. The van der Waals surface area contributed by atoms with Crippen molar-refractivity contribution in [2.45, 2.75) is 0 Å². The summed E-state index contributed by atoms with van der Waals surface area (Å²) in [5.74, 6) is 0.0718. The Kier molecular flexibility index (Phi) is 13.7. The van der Waals surface area contributed by atoms with Gasteiger partial charge in [-0.05, 0) is 0 Å². The van der Waals surface area contributed by atoms with E-state index in [4.69, 9.17) is 5.73 Å². The van der Waals surface area contributed by atoms with Crippen LogP contribution in [0.15, 0.2) is 24.4 Å². The van der Waals surface area contributed by atoms with Gasteiger partial charge in [-0.25, -0.2) is 0 Å². The van der Waals surface area contributed by atoms with Gasteiger partial charge in [0.2, 0.25) is 0 Å². The third kappa shape index (κ3) is 5.60. The van der Waals surface area contributed by atoms with Gasteiger partial charge < -0.3 is 25.6 Å². The monoisotopic (exact) mass is 178 g/mol. The van der Waals surface area contributed by atoms with Crippen molar-refractivity contribution in [3.8, 4) is 0 Å². The van der Waals surface area contributed by atoms with Crippen LogP contribution in [0.4, 0.5) is 5.82 Å². The fourth-order valence-electron chi connectivity index (χ4n) is 0.354. The Morgan fingerprint density at radius 2 is 1.80 bits per heavy atom. The van der Waals surface area contributed by atoms with Crippen LogP contribution in [0.25, 0.3) is 5.73 Å². The molecule has 56 valence electrons. The first-order chi connectivity index (χ1) is 3.39. The van der Waals surface area contributed by atoms with Crippen LogP contribution < -0.4 is 0 Å². The predicted octanol–water partition coefficient (Wildman–Crippen LogP) is 2.45. The van der Waals surface area contributed by atoms with E-state index in [1.807, 2.05) is 0 Å². The van der Waals surface area contributed by atoms with Gasteiger partial charge >= 0.3 is 17.1 Å². The number of hydrogen-bond acceptors (Lipinski definition) is 1. The van der Waals surface area contributed by atoms with Crippen LogP contribution in [0.2, 0.25) is 0 Å². The molecule has 0 spiro atoms. The van der Waals surface area contributed by atoms with Crippen molar-refractivity contribution in [3.63, 3.8) is 0 Å². The minimum atomic E-state index is 0. The van der Waals surface area contributed by atoms with Gasteiger partial charge in [-0.15, -0.1) is 0 Å². The number of aromatic nitrogens is 1. The van der Waals surface area contributed by atoms with Crippen LogP contribution in [0.3, 0.4) is 0 Å². The minimum Gasteiger partial charge on any atom is -0.465 e. The topological polar surface area (TPSA) is 35.2 Å². The molecule has 10 heavy (non-hydrogen) atoms. The molecule has 1 heterocycles. The van der Waals surface area contributed by atoms with Gasteiger partial charge in [0.05, 0.1) is 0 Å². The Labute approximate surface area is 73.3 Å². The molecule has 2 radical (unpaired) electrons. The van der Waals surface area contributed by atoms with Gasteiger partial charge in [0.15, 0.2) is 0 Å². The Morgan fingerprint density at radius 1 is 1.20 bits per heavy atom. The van der Waals surface area contributed by atoms with Crippen molar-refractivity contribution < 1.29 is 17.1 Å². The summed E-state index contributed by atoms with van der Waals surface area (Å²) in [5, 5.41) is 0. The van der Waals surface area contributed by atoms with Crippen LogP contribution in [0.5, 0.6) is 0 Å². The Bertz CT molecular complexity index is 142. The summed E-state index contributed by atoms with van der Waals surface area (Å²) in [4.78, 5) is 3.53. The molecule has 0 aliphatic carbocycles. The van der Waals surface area contributed by atoms with Crippen molar-refractivity contribution in [2.75, 3.05) is 0 Å². The maximum Gasteiger partial charge on any atom is 3.00 e. The SMILES string of the molecule is [CH3-].[CH3-].[Fe+3].[N-]c1ccccn1. The number of hydrogen-bond donors (Lipinski definition) is 0. The van der Waals surface area contributed by atoms with E-state index < -0.39 is 0 Å². The van der Waals surface area contributed by atoms with E-state index in [9.17, 15) is 0 Å². The molecule has 1 aromatic rings. The standard InChI is InChI=1S/C5H4N2.2CH3.Fe/c6-5-3-1-2-4-7-5;;;/h1-4H;2*1H3;/q3*-1;+3. The van der Waals surface area contributed by atoms with Crippen molar-refractivity contribution in [2.24, 2.45) is 0 Å². The Hall–Kier alpha value is -0.531. The normalized spacial score (nSPS) is 6.00. The molecule has 0 amide bonds. The van der Waals surface area contributed by atoms with E-state index in [-0.39, 0.29) is 37.7 Å². The quantitative estimate of drug-likeness (QED) is 0.443. The van der Waals surface area contributed by atoms with Crippen LogP contribution in [-0.2, 0) is 17.1 Å². The summed E-state index contributed by atoms with van der Waals surface area (Å²) in [6.45, 7) is 0. The minimum absolute atomic E-state index is 0. The third-order valence-electron chi connectivity index (χ3n) is 0.649. The predicted molar refractivity (Wildman–Crippen MR) is 40.1 cm³/mol. The van der Waals surface area contributed by atoms with E-state index in [0.717, 1.165) is 0 Å². The molecule has 2 nitrogen and oxygen atoms in total. The average Bonchev–Trinajstić information content (AvgIpc) is 1.69. The zero-order valence-electron chi connectivity index (χ0n) is 6.06. The molecule has 0 N–H and O–H groups in total. The summed E-state index contributed by atoms with van der Waals surface area (Å²) in [6, 6.07) is 5.00. The second-order valence-electron chi connectivity index (χ2n) is 1.19. The zero-order valence-corrected chi connectivity index (χ0v) is 7.16. The molecule has 1 rings (SSSR count). The van der Waals surface area contributed by atoms with Crippen LogP contribution in [0, 0.1) is 14.9 Å². The van der Waals surface area contributed by atoms with Crippen molar-refractivity contribution in [1.29, 1.82) is 0 Å². The molecule has 0 atom stereocenters. The Morgan fingerprint density at radius 3 is 2.00 bits per heavy atom. The molecule has 0 fully saturated rings. The van der Waals surface area contributed by atoms with E-state index in [2.05, 4.69) is 4.98 Å². The molecule has 0 aromatic carbocycles. The fraction of sp³-hybridized carbons (Fsp3) is 0. The van der Waals surface area contributed by atoms with E-state index in [1.165, 1.54) is 12.3 Å². The summed E-state index contributed by atoms with van der Waals surface area (Å²) in [6.07, 6.45) is 1.54. The molecule has 0 aliphatic heterocycles. The van der Waals surface area contributed by atoms with E-state index in [0.29, 0.717) is 0 Å². The molecule has 3 heteroatoms. The summed E-state index contributed by atoms with van der Waals surface area (Å²) in [5.41, 5.74) is 8.52. The zero-order chi connectivity index (χ0) is 5.11. The van der Waals surface area contributed by atoms with E-state index in [1.54, 1.807) is 12.1 Å². The second kappa shape index (κ2) is 8.47. The van der Waals surface area contributed by atoms with Gasteiger partial charge in [-0.2, -0.15) is 0 Å². The molecular formula is C7H10FeN2. The van der Waals surface area contributed by atoms with Crippen molar-refractivity contribution in [3.05, 3.63) is 45.0 Å². The maximum absolute atomic E-state index is 8.52. The first kappa shape index (κ1) is 16.2. The second-order valence-corrected chi connectivity index (χ2v) is 1.19. The molecule has 1 aromatic heterocycles. The third-order valence-corrected chi connectivity index (χ3v) is 0.649. The number of nitrogens with zero attached hydrogens (tertiary/aromatic N) is 2. The van der Waals surface area contributed by atoms with E-state index >= 15 is 0 Å². The smallest absolute Gasteiger partial charge is 0.465 e. The maximum atomic E-state index is 8.52. The van der Waals surface area contributed by atoms with Gasteiger partial charge in [-0.3, -0.25) is 0 Å². The van der Waals surface area contributed by atoms with Crippen molar-refractivity contribution in [1.82, 2.24) is 4.98 Å². The van der Waals surface area contributed by atoms with Gasteiger partial charge in [0, 0.05) is 0 Å². The molecular weight excluding hydrogens is 168 g/mol. The molecule has 0 bridgehead atoms. The summed E-state index contributed by atoms with van der Waals surface area (Å²) < 4.78 is 0. The number of rotatable bonds is 0. The molecule has 0 saturated heterocycles. The van der Waals surface area contributed by atoms with Gasteiger partial charge in [0.1, 0.15) is 0 Å². The average molecular weight is 178 g/mol. The summed E-state index contributed by atoms with van der Waals surface area (Å²) in [7, 11) is 0. The van der Waals surface area contributed by atoms with Crippen LogP contribution in [0.1, 0.15) is 0 Å². The molecule has 0 unspecified atom stereocenters. The van der Waals surface area contributed by atoms with Crippen LogP contribution >= 0.6 is 0 Å². The summed E-state index contributed by atoms with van der Waals surface area (Å²) >= 11 is 0. The first-order valence-electron chi connectivity index (χ1n) is 1.99. The van der Waals surface area contributed by atoms with Gasteiger partial charge in [0.25, 0.3) is 0 Å². The first-order valence-corrected chi connectivity index (χ1v) is 1.99. The van der Waals surface area contributed by atoms with Gasteiger partial charge in [-0.1, -0.05) is 30.2 Å². The molecule has 0 aliphatic rings. The fourth-order valence-corrected chi connectivity index (χ4v) is 0.354. The molecule has 0 saturated carbocycles. The Balaban J connectivity index is -0.000000163.